The molecule has 0 saturated heterocycles. The fraction of sp³-hybridized carbons (Fsp3) is 0.300. The Hall–Kier alpha value is -1.99. The average Bonchev–Trinajstić information content (AvgIpc) is 2.80. The summed E-state index contributed by atoms with van der Waals surface area (Å²) in [4.78, 5) is 17.5. The Labute approximate surface area is 96.6 Å². The van der Waals surface area contributed by atoms with Crippen LogP contribution in [0.15, 0.2) is 27.6 Å². The Morgan fingerprint density at radius 1 is 1.59 bits per heavy atom. The second-order valence-electron chi connectivity index (χ2n) is 3.46. The molecule has 90 valence electrons. The number of aromatic amines is 1. The number of nitrogens with zero attached hydrogens (tertiary/aromatic N) is 2. The molecule has 0 amide bonds. The Morgan fingerprint density at radius 2 is 2.41 bits per heavy atom. The van der Waals surface area contributed by atoms with Gasteiger partial charge >= 0.3 is 0 Å². The first-order valence-electron chi connectivity index (χ1n) is 4.98. The molecule has 0 radical (unpaired) electrons. The summed E-state index contributed by atoms with van der Waals surface area (Å²) in [5.74, 6) is 0.677. The van der Waals surface area contributed by atoms with Crippen LogP contribution in [-0.4, -0.2) is 28.8 Å². The minimum atomic E-state index is -0.430. The molecule has 1 atom stereocenters. The van der Waals surface area contributed by atoms with Gasteiger partial charge in [0, 0.05) is 19.4 Å². The van der Waals surface area contributed by atoms with Gasteiger partial charge in [-0.2, -0.15) is 4.98 Å². The topological polar surface area (TPSA) is 107 Å². The van der Waals surface area contributed by atoms with E-state index in [0.29, 0.717) is 23.9 Å². The van der Waals surface area contributed by atoms with E-state index in [-0.39, 0.29) is 5.56 Å². The third kappa shape index (κ3) is 2.58. The molecule has 2 heterocycles. The molecule has 0 aliphatic rings. The Kier molecular flexibility index (Phi) is 3.31. The number of aromatic nitrogens is 3. The molecule has 17 heavy (non-hydrogen) atoms. The average molecular weight is 236 g/mol. The molecule has 0 bridgehead atoms. The lowest BCUT2D eigenvalue weighted by molar-refractivity contribution is 0.177. The fourth-order valence-corrected chi connectivity index (χ4v) is 1.30. The Bertz CT molecular complexity index is 528. The van der Waals surface area contributed by atoms with E-state index < -0.39 is 6.04 Å². The molecule has 2 aromatic heterocycles. The van der Waals surface area contributed by atoms with Crippen LogP contribution in [-0.2, 0) is 4.74 Å². The van der Waals surface area contributed by atoms with E-state index in [2.05, 4.69) is 15.1 Å². The van der Waals surface area contributed by atoms with Crippen molar-refractivity contribution in [3.8, 4) is 11.5 Å². The van der Waals surface area contributed by atoms with Gasteiger partial charge < -0.3 is 20.0 Å². The first kappa shape index (κ1) is 11.5. The monoisotopic (exact) mass is 236 g/mol. The summed E-state index contributed by atoms with van der Waals surface area (Å²) < 4.78 is 9.93. The van der Waals surface area contributed by atoms with Gasteiger partial charge in [-0.05, 0) is 6.07 Å². The Balaban J connectivity index is 2.23. The second-order valence-corrected chi connectivity index (χ2v) is 3.46. The van der Waals surface area contributed by atoms with Crippen molar-refractivity contribution in [2.45, 2.75) is 6.04 Å². The van der Waals surface area contributed by atoms with Gasteiger partial charge in [0.1, 0.15) is 0 Å². The first-order chi connectivity index (χ1) is 8.20. The zero-order chi connectivity index (χ0) is 12.3. The smallest absolute Gasteiger partial charge is 0.259 e. The van der Waals surface area contributed by atoms with Crippen molar-refractivity contribution < 1.29 is 9.26 Å². The van der Waals surface area contributed by atoms with Crippen LogP contribution in [0, 0.1) is 0 Å². The highest BCUT2D eigenvalue weighted by Gasteiger charge is 2.14. The van der Waals surface area contributed by atoms with E-state index >= 15 is 0 Å². The van der Waals surface area contributed by atoms with Gasteiger partial charge in [-0.3, -0.25) is 4.79 Å². The number of hydrogen-bond donors (Lipinski definition) is 2. The highest BCUT2D eigenvalue weighted by molar-refractivity contribution is 5.50. The molecule has 2 rings (SSSR count). The first-order valence-corrected chi connectivity index (χ1v) is 4.98. The van der Waals surface area contributed by atoms with Gasteiger partial charge in [0.05, 0.1) is 18.2 Å². The fourth-order valence-electron chi connectivity index (χ4n) is 1.30. The van der Waals surface area contributed by atoms with Gasteiger partial charge in [0.25, 0.3) is 5.89 Å². The number of methoxy groups -OCH3 is 1. The molecule has 0 spiro atoms. The quantitative estimate of drug-likeness (QED) is 0.777. The van der Waals surface area contributed by atoms with Crippen molar-refractivity contribution >= 4 is 0 Å². The number of nitrogens with two attached hydrogens (primary N) is 1. The van der Waals surface area contributed by atoms with Gasteiger partial charge in [0.2, 0.25) is 5.56 Å². The van der Waals surface area contributed by atoms with E-state index in [4.69, 9.17) is 15.0 Å². The van der Waals surface area contributed by atoms with E-state index in [0.717, 1.165) is 0 Å². The molecule has 1 unspecified atom stereocenters. The van der Waals surface area contributed by atoms with Crippen LogP contribution in [0.25, 0.3) is 11.5 Å². The summed E-state index contributed by atoms with van der Waals surface area (Å²) in [6.07, 6.45) is 1.50. The van der Waals surface area contributed by atoms with Gasteiger partial charge in [0.15, 0.2) is 5.82 Å². The lowest BCUT2D eigenvalue weighted by Crippen LogP contribution is -2.17. The second kappa shape index (κ2) is 4.89. The standard InChI is InChI=1S/C10H12N4O3/c1-16-5-7(11)9-13-10(17-14-9)6-2-3-8(15)12-4-6/h2-4,7H,5,11H2,1H3,(H,12,15). The highest BCUT2D eigenvalue weighted by Crippen LogP contribution is 2.16. The van der Waals surface area contributed by atoms with Gasteiger partial charge in [-0.1, -0.05) is 5.16 Å². The summed E-state index contributed by atoms with van der Waals surface area (Å²) in [7, 11) is 1.54. The van der Waals surface area contributed by atoms with Crippen molar-refractivity contribution in [3.63, 3.8) is 0 Å². The van der Waals surface area contributed by atoms with Gasteiger partial charge in [-0.25, -0.2) is 0 Å². The minimum absolute atomic E-state index is 0.190. The summed E-state index contributed by atoms with van der Waals surface area (Å²) in [5.41, 5.74) is 6.20. The van der Waals surface area contributed by atoms with Crippen molar-refractivity contribution in [3.05, 3.63) is 34.5 Å². The van der Waals surface area contributed by atoms with Crippen LogP contribution in [0.4, 0.5) is 0 Å². The number of ether oxygens (including phenoxy) is 1. The highest BCUT2D eigenvalue weighted by atomic mass is 16.5. The molecule has 0 aliphatic heterocycles. The van der Waals surface area contributed by atoms with Crippen LogP contribution >= 0.6 is 0 Å². The zero-order valence-electron chi connectivity index (χ0n) is 9.21. The van der Waals surface area contributed by atoms with Crippen LogP contribution in [0.5, 0.6) is 0 Å². The van der Waals surface area contributed by atoms with Crippen molar-refractivity contribution in [2.75, 3.05) is 13.7 Å². The molecular formula is C10H12N4O3. The predicted octanol–water partition coefficient (Wildman–Crippen LogP) is 0.0711. The molecule has 0 fully saturated rings. The lowest BCUT2D eigenvalue weighted by atomic mass is 10.3. The van der Waals surface area contributed by atoms with E-state index in [1.807, 2.05) is 0 Å². The number of hydrogen-bond acceptors (Lipinski definition) is 6. The van der Waals surface area contributed by atoms with Gasteiger partial charge in [-0.15, -0.1) is 0 Å². The van der Waals surface area contributed by atoms with E-state index in [1.54, 1.807) is 13.2 Å². The van der Waals surface area contributed by atoms with Crippen molar-refractivity contribution in [2.24, 2.45) is 5.73 Å². The SMILES string of the molecule is COCC(N)c1noc(-c2ccc(=O)[nH]c2)n1. The molecule has 0 saturated carbocycles. The van der Waals surface area contributed by atoms with Crippen LogP contribution in [0.3, 0.4) is 0 Å². The molecule has 0 aliphatic carbocycles. The molecule has 7 nitrogen and oxygen atoms in total. The normalized spacial score (nSPS) is 12.6. The maximum Gasteiger partial charge on any atom is 0.259 e. The maximum absolute atomic E-state index is 10.9. The largest absolute Gasteiger partial charge is 0.383 e. The van der Waals surface area contributed by atoms with Crippen molar-refractivity contribution in [1.82, 2.24) is 15.1 Å². The van der Waals surface area contributed by atoms with Crippen molar-refractivity contribution in [1.29, 1.82) is 0 Å². The minimum Gasteiger partial charge on any atom is -0.383 e. The van der Waals surface area contributed by atoms with Crippen LogP contribution in [0.2, 0.25) is 0 Å². The Morgan fingerprint density at radius 3 is 3.06 bits per heavy atom. The third-order valence-electron chi connectivity index (χ3n) is 2.15. The number of rotatable bonds is 4. The predicted molar refractivity (Wildman–Crippen MR) is 59.2 cm³/mol. The van der Waals surface area contributed by atoms with Crippen LogP contribution < -0.4 is 11.3 Å². The van der Waals surface area contributed by atoms with Crippen LogP contribution in [0.1, 0.15) is 11.9 Å². The third-order valence-corrected chi connectivity index (χ3v) is 2.15. The summed E-state index contributed by atoms with van der Waals surface area (Å²) in [6, 6.07) is 2.55. The summed E-state index contributed by atoms with van der Waals surface area (Å²) in [5, 5.41) is 3.75. The summed E-state index contributed by atoms with van der Waals surface area (Å²) >= 11 is 0. The molecule has 0 aromatic carbocycles. The molecule has 2 aromatic rings. The lowest BCUT2D eigenvalue weighted by Gasteiger charge is -2.03. The molecule has 7 heteroatoms. The molecular weight excluding hydrogens is 224 g/mol. The zero-order valence-corrected chi connectivity index (χ0v) is 9.21. The van der Waals surface area contributed by atoms with E-state index in [9.17, 15) is 4.79 Å². The van der Waals surface area contributed by atoms with E-state index in [1.165, 1.54) is 12.3 Å². The maximum atomic E-state index is 10.9. The number of pyridine rings is 1. The number of nitrogens with one attached hydrogen (secondary N) is 1. The number of H-pyrrole nitrogens is 1. The molecule has 3 N–H and O–H groups in total. The summed E-state index contributed by atoms with van der Waals surface area (Å²) in [6.45, 7) is 0.310.